The first kappa shape index (κ1) is 12.2. The standard InChI is InChI=1S/C10H21N5/c1-5-9-8(7-15(4)13-9)10(6-11)12-14(2)3/h7,10,12H,5-6,11H2,1-4H3. The van der Waals surface area contributed by atoms with Crippen LogP contribution >= 0.6 is 0 Å². The maximum absolute atomic E-state index is 5.76. The molecule has 0 spiro atoms. The molecule has 1 aromatic rings. The van der Waals surface area contributed by atoms with Crippen molar-refractivity contribution in [1.82, 2.24) is 20.2 Å². The zero-order chi connectivity index (χ0) is 11.4. The lowest BCUT2D eigenvalue weighted by Crippen LogP contribution is -2.38. The maximum atomic E-state index is 5.76. The molecule has 5 nitrogen and oxygen atoms in total. The highest BCUT2D eigenvalue weighted by Crippen LogP contribution is 2.16. The number of hydrogen-bond donors (Lipinski definition) is 2. The molecule has 1 unspecified atom stereocenters. The lowest BCUT2D eigenvalue weighted by molar-refractivity contribution is 0.245. The average Bonchev–Trinajstić information content (AvgIpc) is 2.55. The molecule has 0 amide bonds. The van der Waals surface area contributed by atoms with E-state index in [4.69, 9.17) is 5.73 Å². The Kier molecular flexibility index (Phi) is 4.26. The molecule has 0 fully saturated rings. The van der Waals surface area contributed by atoms with Gasteiger partial charge in [0.15, 0.2) is 0 Å². The van der Waals surface area contributed by atoms with E-state index in [1.54, 1.807) is 0 Å². The van der Waals surface area contributed by atoms with E-state index in [9.17, 15) is 0 Å². The largest absolute Gasteiger partial charge is 0.329 e. The molecule has 1 rings (SSSR count). The Morgan fingerprint density at radius 1 is 1.60 bits per heavy atom. The van der Waals surface area contributed by atoms with E-state index in [1.807, 2.05) is 37.0 Å². The molecule has 0 aliphatic rings. The van der Waals surface area contributed by atoms with Gasteiger partial charge in [-0.05, 0) is 6.42 Å². The Morgan fingerprint density at radius 3 is 2.73 bits per heavy atom. The summed E-state index contributed by atoms with van der Waals surface area (Å²) in [5.41, 5.74) is 11.4. The Balaban J connectivity index is 2.89. The van der Waals surface area contributed by atoms with Gasteiger partial charge in [0.05, 0.1) is 11.7 Å². The van der Waals surface area contributed by atoms with Crippen LogP contribution in [0.4, 0.5) is 0 Å². The van der Waals surface area contributed by atoms with Crippen LogP contribution in [0.3, 0.4) is 0 Å². The summed E-state index contributed by atoms with van der Waals surface area (Å²) in [6.45, 7) is 2.67. The van der Waals surface area contributed by atoms with Crippen LogP contribution in [0.25, 0.3) is 0 Å². The number of rotatable bonds is 5. The van der Waals surface area contributed by atoms with Crippen molar-refractivity contribution in [2.75, 3.05) is 20.6 Å². The monoisotopic (exact) mass is 211 g/mol. The van der Waals surface area contributed by atoms with Crippen molar-refractivity contribution in [1.29, 1.82) is 0 Å². The summed E-state index contributed by atoms with van der Waals surface area (Å²) in [6.07, 6.45) is 2.97. The van der Waals surface area contributed by atoms with Crippen molar-refractivity contribution in [3.63, 3.8) is 0 Å². The van der Waals surface area contributed by atoms with E-state index in [2.05, 4.69) is 17.4 Å². The van der Waals surface area contributed by atoms with Crippen molar-refractivity contribution in [3.05, 3.63) is 17.5 Å². The zero-order valence-corrected chi connectivity index (χ0v) is 9.99. The maximum Gasteiger partial charge on any atom is 0.0670 e. The van der Waals surface area contributed by atoms with Crippen LogP contribution in [0.15, 0.2) is 6.20 Å². The predicted octanol–water partition coefficient (Wildman–Crippen LogP) is 0.0485. The Bertz CT molecular complexity index is 305. The third kappa shape index (κ3) is 3.02. The summed E-state index contributed by atoms with van der Waals surface area (Å²) in [6, 6.07) is 0.142. The zero-order valence-electron chi connectivity index (χ0n) is 9.99. The number of aryl methyl sites for hydroxylation is 2. The van der Waals surface area contributed by atoms with Gasteiger partial charge >= 0.3 is 0 Å². The fraction of sp³-hybridized carbons (Fsp3) is 0.700. The van der Waals surface area contributed by atoms with Crippen LogP contribution in [0.5, 0.6) is 0 Å². The summed E-state index contributed by atoms with van der Waals surface area (Å²) >= 11 is 0. The molecule has 3 N–H and O–H groups in total. The molecule has 1 heterocycles. The van der Waals surface area contributed by atoms with Crippen LogP contribution < -0.4 is 11.2 Å². The third-order valence-electron chi connectivity index (χ3n) is 2.30. The molecule has 5 heteroatoms. The summed E-state index contributed by atoms with van der Waals surface area (Å²) in [7, 11) is 5.86. The molecule has 0 radical (unpaired) electrons. The van der Waals surface area contributed by atoms with Crippen molar-refractivity contribution < 1.29 is 0 Å². The van der Waals surface area contributed by atoms with Crippen molar-refractivity contribution in [3.8, 4) is 0 Å². The van der Waals surface area contributed by atoms with E-state index < -0.39 is 0 Å². The van der Waals surface area contributed by atoms with Gasteiger partial charge in [0.25, 0.3) is 0 Å². The van der Waals surface area contributed by atoms with E-state index in [0.717, 1.165) is 12.1 Å². The van der Waals surface area contributed by atoms with Crippen LogP contribution in [-0.4, -0.2) is 35.4 Å². The lowest BCUT2D eigenvalue weighted by atomic mass is 10.1. The smallest absolute Gasteiger partial charge is 0.0670 e. The van der Waals surface area contributed by atoms with Gasteiger partial charge in [-0.1, -0.05) is 6.92 Å². The minimum Gasteiger partial charge on any atom is -0.329 e. The molecule has 0 saturated heterocycles. The second kappa shape index (κ2) is 5.25. The van der Waals surface area contributed by atoms with Gasteiger partial charge in [0.2, 0.25) is 0 Å². The molecular weight excluding hydrogens is 190 g/mol. The fourth-order valence-electron chi connectivity index (χ4n) is 1.68. The first-order chi connectivity index (χ1) is 7.08. The van der Waals surface area contributed by atoms with Gasteiger partial charge in [-0.3, -0.25) is 4.68 Å². The van der Waals surface area contributed by atoms with Gasteiger partial charge in [0.1, 0.15) is 0 Å². The molecule has 0 bridgehead atoms. The number of hydrogen-bond acceptors (Lipinski definition) is 4. The highest BCUT2D eigenvalue weighted by atomic mass is 15.5. The van der Waals surface area contributed by atoms with E-state index in [1.165, 1.54) is 5.56 Å². The summed E-state index contributed by atoms with van der Waals surface area (Å²) in [5, 5.41) is 6.33. The number of nitrogens with two attached hydrogens (primary N) is 1. The van der Waals surface area contributed by atoms with Crippen LogP contribution in [0, 0.1) is 0 Å². The van der Waals surface area contributed by atoms with Gasteiger partial charge in [-0.2, -0.15) is 5.10 Å². The molecular formula is C10H21N5. The van der Waals surface area contributed by atoms with Gasteiger partial charge in [-0.25, -0.2) is 10.4 Å². The topological polar surface area (TPSA) is 59.1 Å². The lowest BCUT2D eigenvalue weighted by Gasteiger charge is -2.21. The first-order valence-electron chi connectivity index (χ1n) is 5.24. The Labute approximate surface area is 91.2 Å². The number of aromatic nitrogens is 2. The molecule has 15 heavy (non-hydrogen) atoms. The summed E-state index contributed by atoms with van der Waals surface area (Å²) < 4.78 is 1.84. The molecule has 1 atom stereocenters. The van der Waals surface area contributed by atoms with Crippen LogP contribution in [0.1, 0.15) is 24.2 Å². The number of nitrogens with one attached hydrogen (secondary N) is 1. The fourth-order valence-corrected chi connectivity index (χ4v) is 1.68. The van der Waals surface area contributed by atoms with E-state index in [0.29, 0.717) is 6.54 Å². The quantitative estimate of drug-likeness (QED) is 0.676. The number of hydrazine groups is 1. The minimum atomic E-state index is 0.142. The highest BCUT2D eigenvalue weighted by molar-refractivity contribution is 5.21. The minimum absolute atomic E-state index is 0.142. The molecule has 0 saturated carbocycles. The molecule has 1 aromatic heterocycles. The van der Waals surface area contributed by atoms with Crippen molar-refractivity contribution in [2.45, 2.75) is 19.4 Å². The summed E-state index contributed by atoms with van der Waals surface area (Å²) in [5.74, 6) is 0. The van der Waals surface area contributed by atoms with Gasteiger partial charge < -0.3 is 5.73 Å². The second-order valence-electron chi connectivity index (χ2n) is 3.87. The molecule has 86 valence electrons. The average molecular weight is 211 g/mol. The third-order valence-corrected chi connectivity index (χ3v) is 2.30. The Morgan fingerprint density at radius 2 is 2.27 bits per heavy atom. The van der Waals surface area contributed by atoms with Crippen molar-refractivity contribution >= 4 is 0 Å². The highest BCUT2D eigenvalue weighted by Gasteiger charge is 2.16. The molecule has 0 aromatic carbocycles. The first-order valence-corrected chi connectivity index (χ1v) is 5.24. The Hall–Kier alpha value is -0.910. The normalized spacial score (nSPS) is 13.5. The number of nitrogens with zero attached hydrogens (tertiary/aromatic N) is 3. The van der Waals surface area contributed by atoms with Gasteiger partial charge in [-0.15, -0.1) is 0 Å². The van der Waals surface area contributed by atoms with E-state index >= 15 is 0 Å². The molecule has 0 aliphatic heterocycles. The molecule has 0 aliphatic carbocycles. The summed E-state index contributed by atoms with van der Waals surface area (Å²) in [4.78, 5) is 0. The SMILES string of the molecule is CCc1nn(C)cc1C(CN)NN(C)C. The predicted molar refractivity (Wildman–Crippen MR) is 61.2 cm³/mol. The van der Waals surface area contributed by atoms with Crippen LogP contribution in [-0.2, 0) is 13.5 Å². The van der Waals surface area contributed by atoms with E-state index in [-0.39, 0.29) is 6.04 Å². The van der Waals surface area contributed by atoms with Gasteiger partial charge in [0, 0.05) is 39.4 Å². The van der Waals surface area contributed by atoms with Crippen molar-refractivity contribution in [2.24, 2.45) is 12.8 Å². The van der Waals surface area contributed by atoms with Crippen LogP contribution in [0.2, 0.25) is 0 Å². The second-order valence-corrected chi connectivity index (χ2v) is 3.87.